The Morgan fingerprint density at radius 2 is 0.944 bits per heavy atom. The normalized spacial score (nSPS) is 15.9. The SMILES string of the molecule is CC1(c2ccccc2)c2ccccc2-c2c(N(c3cccc(-c4ccccc4)c3)c3ccc4c(c3)[Si](C)(C)c3cc(-c5ccccc5)ccc3-4)cccc21. The molecule has 0 aromatic heterocycles. The number of fused-ring (bicyclic) bond motifs is 6. The third-order valence-corrected chi connectivity index (χ3v) is 15.7. The lowest BCUT2D eigenvalue weighted by atomic mass is 9.74. The molecule has 1 heterocycles. The second-order valence-electron chi connectivity index (χ2n) is 15.5. The van der Waals surface area contributed by atoms with Crippen molar-refractivity contribution < 1.29 is 0 Å². The van der Waals surface area contributed by atoms with Crippen LogP contribution < -0.4 is 15.3 Å². The van der Waals surface area contributed by atoms with Gasteiger partial charge in [-0.2, -0.15) is 0 Å². The summed E-state index contributed by atoms with van der Waals surface area (Å²) >= 11 is 0. The standard InChI is InChI=1S/C52H41NSi/c1-52(40-22-11-6-12-23-40)46-26-14-13-25-45(46)51-47(52)27-16-28-48(51)53(41-24-15-21-38(33-41)36-17-7-4-8-18-36)42-30-32-44-43-31-29-39(37-19-9-5-10-20-37)34-49(43)54(2,3)50(44)35-42/h4-35H,1-3H3. The number of hydrogen-bond donors (Lipinski definition) is 0. The van der Waals surface area contributed by atoms with Crippen LogP contribution in [0.1, 0.15) is 23.6 Å². The van der Waals surface area contributed by atoms with Gasteiger partial charge in [0.2, 0.25) is 0 Å². The van der Waals surface area contributed by atoms with E-state index in [1.165, 1.54) is 82.9 Å². The van der Waals surface area contributed by atoms with Crippen molar-refractivity contribution in [3.63, 3.8) is 0 Å². The van der Waals surface area contributed by atoms with Gasteiger partial charge in [0.05, 0.1) is 5.69 Å². The van der Waals surface area contributed by atoms with Gasteiger partial charge < -0.3 is 4.90 Å². The van der Waals surface area contributed by atoms with E-state index >= 15 is 0 Å². The average Bonchev–Trinajstić information content (AvgIpc) is 3.63. The van der Waals surface area contributed by atoms with Gasteiger partial charge in [0.25, 0.3) is 0 Å². The molecule has 0 N–H and O–H groups in total. The molecule has 258 valence electrons. The molecule has 8 aromatic carbocycles. The van der Waals surface area contributed by atoms with E-state index in [-0.39, 0.29) is 5.41 Å². The lowest BCUT2D eigenvalue weighted by Gasteiger charge is -2.31. The minimum Gasteiger partial charge on any atom is -0.310 e. The highest BCUT2D eigenvalue weighted by Gasteiger charge is 2.43. The third-order valence-electron chi connectivity index (χ3n) is 12.1. The zero-order chi connectivity index (χ0) is 36.4. The fraction of sp³-hybridized carbons (Fsp3) is 0.0769. The van der Waals surface area contributed by atoms with E-state index in [9.17, 15) is 0 Å². The molecular formula is C52H41NSi. The van der Waals surface area contributed by atoms with Crippen molar-refractivity contribution in [2.75, 3.05) is 4.90 Å². The third kappa shape index (κ3) is 4.91. The molecule has 0 bridgehead atoms. The Morgan fingerprint density at radius 3 is 1.67 bits per heavy atom. The molecule has 2 aliphatic rings. The van der Waals surface area contributed by atoms with Crippen LogP contribution in [0.25, 0.3) is 44.5 Å². The van der Waals surface area contributed by atoms with Crippen LogP contribution in [0.4, 0.5) is 17.1 Å². The molecule has 1 aliphatic carbocycles. The van der Waals surface area contributed by atoms with Crippen molar-refractivity contribution in [3.05, 3.63) is 211 Å². The Morgan fingerprint density at radius 1 is 0.407 bits per heavy atom. The first-order valence-corrected chi connectivity index (χ1v) is 22.0. The molecule has 1 atom stereocenters. The zero-order valence-electron chi connectivity index (χ0n) is 30.9. The molecule has 2 heteroatoms. The van der Waals surface area contributed by atoms with E-state index < -0.39 is 8.07 Å². The maximum absolute atomic E-state index is 2.53. The lowest BCUT2D eigenvalue weighted by Crippen LogP contribution is -2.49. The zero-order valence-corrected chi connectivity index (χ0v) is 31.9. The summed E-state index contributed by atoms with van der Waals surface area (Å²) in [6.07, 6.45) is 0. The van der Waals surface area contributed by atoms with Crippen molar-refractivity contribution >= 4 is 35.5 Å². The molecule has 1 unspecified atom stereocenters. The van der Waals surface area contributed by atoms with Gasteiger partial charge in [-0.3, -0.25) is 0 Å². The maximum atomic E-state index is 2.53. The van der Waals surface area contributed by atoms with Crippen LogP contribution in [0.3, 0.4) is 0 Å². The molecular weight excluding hydrogens is 667 g/mol. The van der Waals surface area contributed by atoms with E-state index in [0.29, 0.717) is 0 Å². The predicted octanol–water partition coefficient (Wildman–Crippen LogP) is 12.6. The summed E-state index contributed by atoms with van der Waals surface area (Å²) in [6.45, 7) is 7.46. The van der Waals surface area contributed by atoms with Crippen LogP contribution in [-0.4, -0.2) is 8.07 Å². The molecule has 1 aliphatic heterocycles. The van der Waals surface area contributed by atoms with Crippen LogP contribution in [0.15, 0.2) is 194 Å². The highest BCUT2D eigenvalue weighted by atomic mass is 28.3. The van der Waals surface area contributed by atoms with Crippen molar-refractivity contribution in [2.45, 2.75) is 25.4 Å². The van der Waals surface area contributed by atoms with Crippen molar-refractivity contribution in [1.29, 1.82) is 0 Å². The molecule has 0 amide bonds. The number of benzene rings is 8. The molecule has 54 heavy (non-hydrogen) atoms. The molecule has 8 aromatic rings. The average molecular weight is 708 g/mol. The summed E-state index contributed by atoms with van der Waals surface area (Å²) < 4.78 is 0. The van der Waals surface area contributed by atoms with Crippen molar-refractivity contribution in [3.8, 4) is 44.5 Å². The Balaban J connectivity index is 1.19. The summed E-state index contributed by atoms with van der Waals surface area (Å²) in [4.78, 5) is 2.53. The highest BCUT2D eigenvalue weighted by Crippen LogP contribution is 2.56. The fourth-order valence-electron chi connectivity index (χ4n) is 9.35. The monoisotopic (exact) mass is 707 g/mol. The number of rotatable bonds is 6. The van der Waals surface area contributed by atoms with E-state index in [4.69, 9.17) is 0 Å². The van der Waals surface area contributed by atoms with Gasteiger partial charge >= 0.3 is 0 Å². The van der Waals surface area contributed by atoms with Gasteiger partial charge in [-0.15, -0.1) is 0 Å². The summed E-state index contributed by atoms with van der Waals surface area (Å²) in [5.41, 5.74) is 17.6. The Kier molecular flexibility index (Phi) is 7.47. The van der Waals surface area contributed by atoms with E-state index in [2.05, 4.69) is 219 Å². The van der Waals surface area contributed by atoms with E-state index in [0.717, 1.165) is 5.69 Å². The van der Waals surface area contributed by atoms with Gasteiger partial charge in [-0.05, 0) is 103 Å². The molecule has 0 fully saturated rings. The Labute approximate surface area is 319 Å². The fourth-order valence-corrected chi connectivity index (χ4v) is 12.4. The minimum absolute atomic E-state index is 0.286. The predicted molar refractivity (Wildman–Crippen MR) is 232 cm³/mol. The van der Waals surface area contributed by atoms with Gasteiger partial charge in [0, 0.05) is 22.4 Å². The summed E-state index contributed by atoms with van der Waals surface area (Å²) in [6, 6.07) is 72.1. The molecule has 0 saturated carbocycles. The largest absolute Gasteiger partial charge is 0.310 e. The van der Waals surface area contributed by atoms with Gasteiger partial charge in [0.1, 0.15) is 8.07 Å². The number of hydrogen-bond acceptors (Lipinski definition) is 1. The summed E-state index contributed by atoms with van der Waals surface area (Å²) in [5, 5.41) is 3.01. The van der Waals surface area contributed by atoms with E-state index in [1.807, 2.05) is 0 Å². The van der Waals surface area contributed by atoms with Crippen LogP contribution in [0.2, 0.25) is 13.1 Å². The maximum Gasteiger partial charge on any atom is 0.113 e. The first-order valence-electron chi connectivity index (χ1n) is 19.0. The second kappa shape index (κ2) is 12.4. The molecule has 0 saturated heterocycles. The van der Waals surface area contributed by atoms with Crippen molar-refractivity contribution in [1.82, 2.24) is 0 Å². The number of anilines is 3. The van der Waals surface area contributed by atoms with Crippen LogP contribution in [-0.2, 0) is 5.41 Å². The summed E-state index contributed by atoms with van der Waals surface area (Å²) in [5.74, 6) is 0. The van der Waals surface area contributed by atoms with Crippen LogP contribution in [0.5, 0.6) is 0 Å². The van der Waals surface area contributed by atoms with Gasteiger partial charge in [-0.25, -0.2) is 0 Å². The van der Waals surface area contributed by atoms with Crippen molar-refractivity contribution in [2.24, 2.45) is 0 Å². The number of nitrogens with zero attached hydrogens (tertiary/aromatic N) is 1. The van der Waals surface area contributed by atoms with Crippen LogP contribution >= 0.6 is 0 Å². The lowest BCUT2D eigenvalue weighted by molar-refractivity contribution is 0.714. The van der Waals surface area contributed by atoms with Gasteiger partial charge in [0.15, 0.2) is 0 Å². The Hall–Kier alpha value is -6.22. The second-order valence-corrected chi connectivity index (χ2v) is 19.8. The molecule has 0 radical (unpaired) electrons. The first-order chi connectivity index (χ1) is 26.4. The Bertz CT molecular complexity index is 2700. The minimum atomic E-state index is -2.06. The molecule has 1 nitrogen and oxygen atoms in total. The first kappa shape index (κ1) is 32.4. The highest BCUT2D eigenvalue weighted by molar-refractivity contribution is 7.04. The topological polar surface area (TPSA) is 3.24 Å². The molecule has 0 spiro atoms. The molecule has 10 rings (SSSR count). The van der Waals surface area contributed by atoms with Crippen LogP contribution in [0, 0.1) is 0 Å². The van der Waals surface area contributed by atoms with E-state index in [1.54, 1.807) is 0 Å². The summed E-state index contributed by atoms with van der Waals surface area (Å²) in [7, 11) is -2.06. The van der Waals surface area contributed by atoms with Gasteiger partial charge in [-0.1, -0.05) is 177 Å². The quantitative estimate of drug-likeness (QED) is 0.156. The smallest absolute Gasteiger partial charge is 0.113 e.